The summed E-state index contributed by atoms with van der Waals surface area (Å²) in [5.41, 5.74) is 1.11. The lowest BCUT2D eigenvalue weighted by Gasteiger charge is -2.23. The Hall–Kier alpha value is -1.20. The maximum Gasteiger partial charge on any atom is 0.316 e. The zero-order chi connectivity index (χ0) is 11.2. The van der Waals surface area contributed by atoms with E-state index in [1.807, 2.05) is 0 Å². The number of rotatable bonds is 4. The quantitative estimate of drug-likeness (QED) is 0.801. The second-order valence-corrected chi connectivity index (χ2v) is 3.74. The van der Waals surface area contributed by atoms with E-state index < -0.39 is 0 Å². The number of aromatic nitrogens is 2. The largest absolute Gasteiger partial charge is 0.461 e. The molecule has 5 heteroatoms. The van der Waals surface area contributed by atoms with Crippen LogP contribution in [0.4, 0.5) is 0 Å². The van der Waals surface area contributed by atoms with Gasteiger partial charge in [0.2, 0.25) is 0 Å². The Morgan fingerprint density at radius 3 is 2.94 bits per heavy atom. The number of nitrogens with one attached hydrogen (secondary N) is 1. The van der Waals surface area contributed by atoms with Crippen molar-refractivity contribution in [3.8, 4) is 6.01 Å². The summed E-state index contributed by atoms with van der Waals surface area (Å²) in [6.07, 6.45) is 4.63. The van der Waals surface area contributed by atoms with Gasteiger partial charge in [-0.3, -0.25) is 0 Å². The van der Waals surface area contributed by atoms with Gasteiger partial charge in [0.15, 0.2) is 0 Å². The smallest absolute Gasteiger partial charge is 0.316 e. The first-order chi connectivity index (χ1) is 7.88. The summed E-state index contributed by atoms with van der Waals surface area (Å²) in [6, 6.07) is 0.423. The first-order valence-electron chi connectivity index (χ1n) is 5.64. The molecule has 0 aliphatic carbocycles. The number of ether oxygens (including phenoxy) is 2. The zero-order valence-corrected chi connectivity index (χ0v) is 9.48. The lowest BCUT2D eigenvalue weighted by Crippen LogP contribution is -2.41. The monoisotopic (exact) mass is 223 g/mol. The number of hydrogen-bond acceptors (Lipinski definition) is 5. The van der Waals surface area contributed by atoms with Crippen molar-refractivity contribution in [2.75, 3.05) is 26.3 Å². The fraction of sp³-hybridized carbons (Fsp3) is 0.636. The van der Waals surface area contributed by atoms with E-state index in [-0.39, 0.29) is 6.10 Å². The van der Waals surface area contributed by atoms with Crippen LogP contribution in [0.15, 0.2) is 12.4 Å². The average Bonchev–Trinajstić information content (AvgIpc) is 2.38. The van der Waals surface area contributed by atoms with Gasteiger partial charge in [-0.1, -0.05) is 6.92 Å². The van der Waals surface area contributed by atoms with Crippen LogP contribution in [-0.4, -0.2) is 42.4 Å². The van der Waals surface area contributed by atoms with Crippen LogP contribution in [-0.2, 0) is 11.2 Å². The van der Waals surface area contributed by atoms with E-state index in [2.05, 4.69) is 22.2 Å². The van der Waals surface area contributed by atoms with Crippen molar-refractivity contribution in [2.24, 2.45) is 0 Å². The number of aryl methyl sites for hydroxylation is 1. The summed E-state index contributed by atoms with van der Waals surface area (Å²) in [6.45, 7) is 5.05. The van der Waals surface area contributed by atoms with Crippen molar-refractivity contribution < 1.29 is 9.47 Å². The number of nitrogens with zero attached hydrogens (tertiary/aromatic N) is 2. The van der Waals surface area contributed by atoms with E-state index in [0.29, 0.717) is 12.6 Å². The van der Waals surface area contributed by atoms with Crippen LogP contribution in [0.25, 0.3) is 0 Å². The van der Waals surface area contributed by atoms with Crippen molar-refractivity contribution in [2.45, 2.75) is 19.4 Å². The molecule has 1 aromatic rings. The van der Waals surface area contributed by atoms with Crippen LogP contribution in [0.2, 0.25) is 0 Å². The fourth-order valence-corrected chi connectivity index (χ4v) is 1.49. The third kappa shape index (κ3) is 3.15. The molecule has 1 fully saturated rings. The Bertz CT molecular complexity index is 310. The summed E-state index contributed by atoms with van der Waals surface area (Å²) >= 11 is 0. The van der Waals surface area contributed by atoms with Gasteiger partial charge >= 0.3 is 6.01 Å². The highest BCUT2D eigenvalue weighted by Gasteiger charge is 2.14. The van der Waals surface area contributed by atoms with Crippen molar-refractivity contribution in [3.63, 3.8) is 0 Å². The number of hydrogen-bond donors (Lipinski definition) is 1. The van der Waals surface area contributed by atoms with Gasteiger partial charge < -0.3 is 14.8 Å². The van der Waals surface area contributed by atoms with Crippen molar-refractivity contribution in [1.82, 2.24) is 15.3 Å². The highest BCUT2D eigenvalue weighted by Crippen LogP contribution is 2.05. The molecule has 0 amide bonds. The van der Waals surface area contributed by atoms with E-state index in [4.69, 9.17) is 9.47 Å². The summed E-state index contributed by atoms with van der Waals surface area (Å²) in [5.74, 6) is 0. The van der Waals surface area contributed by atoms with E-state index >= 15 is 0 Å². The molecular weight excluding hydrogens is 206 g/mol. The summed E-state index contributed by atoms with van der Waals surface area (Å²) < 4.78 is 11.0. The average molecular weight is 223 g/mol. The van der Waals surface area contributed by atoms with E-state index in [9.17, 15) is 0 Å². The molecule has 1 unspecified atom stereocenters. The predicted octanol–water partition coefficient (Wildman–Crippen LogP) is 0.406. The Balaban J connectivity index is 1.79. The van der Waals surface area contributed by atoms with Crippen LogP contribution in [0.3, 0.4) is 0 Å². The highest BCUT2D eigenvalue weighted by molar-refractivity contribution is 5.06. The van der Waals surface area contributed by atoms with Gasteiger partial charge in [0, 0.05) is 25.5 Å². The lowest BCUT2D eigenvalue weighted by atomic mass is 10.3. The molecule has 88 valence electrons. The first-order valence-corrected chi connectivity index (χ1v) is 5.64. The molecule has 1 aliphatic heterocycles. The van der Waals surface area contributed by atoms with Crippen LogP contribution >= 0.6 is 0 Å². The van der Waals surface area contributed by atoms with Gasteiger partial charge in [-0.25, -0.2) is 9.97 Å². The molecule has 0 spiro atoms. The van der Waals surface area contributed by atoms with Gasteiger partial charge in [-0.15, -0.1) is 0 Å². The fourth-order valence-electron chi connectivity index (χ4n) is 1.49. The van der Waals surface area contributed by atoms with Gasteiger partial charge in [0.05, 0.1) is 6.61 Å². The predicted molar refractivity (Wildman–Crippen MR) is 59.5 cm³/mol. The minimum atomic E-state index is 0.100. The zero-order valence-electron chi connectivity index (χ0n) is 9.48. The van der Waals surface area contributed by atoms with Crippen LogP contribution < -0.4 is 10.1 Å². The molecule has 0 bridgehead atoms. The minimum absolute atomic E-state index is 0.100. The maximum absolute atomic E-state index is 5.50. The molecule has 16 heavy (non-hydrogen) atoms. The lowest BCUT2D eigenvalue weighted by molar-refractivity contribution is -0.00179. The Kier molecular flexibility index (Phi) is 4.07. The summed E-state index contributed by atoms with van der Waals surface area (Å²) in [5, 5.41) is 3.24. The second kappa shape index (κ2) is 5.77. The van der Waals surface area contributed by atoms with Crippen molar-refractivity contribution in [1.29, 1.82) is 0 Å². The molecule has 1 atom stereocenters. The van der Waals surface area contributed by atoms with Gasteiger partial charge in [-0.05, 0) is 12.0 Å². The molecule has 0 aromatic carbocycles. The molecule has 2 heterocycles. The Labute approximate surface area is 95.2 Å². The van der Waals surface area contributed by atoms with Gasteiger partial charge in [0.25, 0.3) is 0 Å². The molecule has 1 saturated heterocycles. The second-order valence-electron chi connectivity index (χ2n) is 3.74. The molecule has 1 aliphatic rings. The van der Waals surface area contributed by atoms with E-state index in [1.165, 1.54) is 0 Å². The number of morpholine rings is 1. The topological polar surface area (TPSA) is 56.3 Å². The minimum Gasteiger partial charge on any atom is -0.461 e. The molecule has 1 aromatic heterocycles. The summed E-state index contributed by atoms with van der Waals surface area (Å²) in [7, 11) is 0. The standard InChI is InChI=1S/C11H17N3O2/c1-2-9-5-13-11(14-6-9)16-8-10-7-12-3-4-15-10/h5-6,10,12H,2-4,7-8H2,1H3. The van der Waals surface area contributed by atoms with E-state index in [0.717, 1.165) is 31.7 Å². The Morgan fingerprint density at radius 1 is 1.50 bits per heavy atom. The molecule has 0 radical (unpaired) electrons. The maximum atomic E-state index is 5.50. The van der Waals surface area contributed by atoms with Crippen LogP contribution in [0.1, 0.15) is 12.5 Å². The SMILES string of the molecule is CCc1cnc(OCC2CNCCO2)nc1. The van der Waals surface area contributed by atoms with E-state index in [1.54, 1.807) is 12.4 Å². The molecule has 2 rings (SSSR count). The first kappa shape index (κ1) is 11.3. The van der Waals surface area contributed by atoms with Crippen molar-refractivity contribution >= 4 is 0 Å². The van der Waals surface area contributed by atoms with Gasteiger partial charge in [0.1, 0.15) is 12.7 Å². The summed E-state index contributed by atoms with van der Waals surface area (Å²) in [4.78, 5) is 8.25. The van der Waals surface area contributed by atoms with Crippen molar-refractivity contribution in [3.05, 3.63) is 18.0 Å². The Morgan fingerprint density at radius 2 is 2.31 bits per heavy atom. The highest BCUT2D eigenvalue weighted by atomic mass is 16.5. The molecule has 5 nitrogen and oxygen atoms in total. The van der Waals surface area contributed by atoms with Gasteiger partial charge in [-0.2, -0.15) is 0 Å². The molecule has 0 saturated carbocycles. The molecule has 1 N–H and O–H groups in total. The molecular formula is C11H17N3O2. The normalized spacial score (nSPS) is 20.7. The third-order valence-electron chi connectivity index (χ3n) is 2.49. The third-order valence-corrected chi connectivity index (χ3v) is 2.49. The van der Waals surface area contributed by atoms with Crippen LogP contribution in [0.5, 0.6) is 6.01 Å². The van der Waals surface area contributed by atoms with Crippen LogP contribution in [0, 0.1) is 0 Å².